The van der Waals surface area contributed by atoms with Gasteiger partial charge >= 0.3 is 12.2 Å². The first kappa shape index (κ1) is 24.4. The maximum absolute atomic E-state index is 11.9. The van der Waals surface area contributed by atoms with Crippen LogP contribution in [-0.2, 0) is 9.47 Å². The lowest BCUT2D eigenvalue weighted by Crippen LogP contribution is -2.54. The van der Waals surface area contributed by atoms with Crippen molar-refractivity contribution in [3.05, 3.63) is 29.8 Å². The molecule has 1 heterocycles. The maximum atomic E-state index is 11.9. The van der Waals surface area contributed by atoms with Gasteiger partial charge in [0.25, 0.3) is 0 Å². The minimum absolute atomic E-state index is 0.428. The molecule has 0 atom stereocenters. The highest BCUT2D eigenvalue weighted by atomic mass is 16.6. The molecule has 7 heteroatoms. The molecule has 0 radical (unpaired) electrons. The van der Waals surface area contributed by atoms with E-state index in [4.69, 9.17) is 15.2 Å². The zero-order valence-electron chi connectivity index (χ0n) is 20.1. The molecule has 0 unspecified atom stereocenters. The zero-order chi connectivity index (χ0) is 23.5. The van der Waals surface area contributed by atoms with E-state index in [1.54, 1.807) is 0 Å². The molecule has 3 rings (SSSR count). The number of carbonyl (C=O) groups is 2. The molecule has 2 aliphatic rings. The smallest absolute Gasteiger partial charge is 0.412 e. The number of hydrogen-bond donors (Lipinski definition) is 2. The highest BCUT2D eigenvalue weighted by Crippen LogP contribution is 2.38. The second-order valence-electron chi connectivity index (χ2n) is 11.0. The van der Waals surface area contributed by atoms with Gasteiger partial charge in [-0.15, -0.1) is 0 Å². The average molecular weight is 446 g/mol. The Morgan fingerprint density at radius 1 is 1.00 bits per heavy atom. The Kier molecular flexibility index (Phi) is 7.38. The van der Waals surface area contributed by atoms with Crippen molar-refractivity contribution in [2.75, 3.05) is 18.4 Å². The van der Waals surface area contributed by atoms with Crippen molar-refractivity contribution in [3.8, 4) is 0 Å². The van der Waals surface area contributed by atoms with Crippen LogP contribution in [0.15, 0.2) is 24.3 Å². The minimum Gasteiger partial charge on any atom is -0.444 e. The third-order valence-corrected chi connectivity index (χ3v) is 6.38. The summed E-state index contributed by atoms with van der Waals surface area (Å²) in [5.41, 5.74) is 6.27. The number of primary amides is 1. The molecule has 1 aliphatic heterocycles. The number of carbonyl (C=O) groups excluding carboxylic acids is 2. The summed E-state index contributed by atoms with van der Waals surface area (Å²) in [4.78, 5) is 25.6. The summed E-state index contributed by atoms with van der Waals surface area (Å²) >= 11 is 0. The molecule has 2 amide bonds. The van der Waals surface area contributed by atoms with E-state index in [9.17, 15) is 9.59 Å². The van der Waals surface area contributed by atoms with E-state index in [1.165, 1.54) is 31.2 Å². The second-order valence-corrected chi connectivity index (χ2v) is 11.0. The van der Waals surface area contributed by atoms with Gasteiger partial charge in [-0.2, -0.15) is 0 Å². The summed E-state index contributed by atoms with van der Waals surface area (Å²) < 4.78 is 10.5. The maximum Gasteiger partial charge on any atom is 0.412 e. The van der Waals surface area contributed by atoms with Gasteiger partial charge in [0.2, 0.25) is 0 Å². The molecule has 2 fully saturated rings. The second kappa shape index (κ2) is 9.69. The van der Waals surface area contributed by atoms with Crippen LogP contribution in [0.3, 0.4) is 0 Å². The normalized spacial score (nSPS) is 22.7. The number of amides is 2. The van der Waals surface area contributed by atoms with Crippen molar-refractivity contribution in [3.63, 3.8) is 0 Å². The Bertz CT molecular complexity index is 786. The zero-order valence-corrected chi connectivity index (χ0v) is 20.1. The van der Waals surface area contributed by atoms with E-state index in [-0.39, 0.29) is 0 Å². The number of hydrogen-bond acceptors (Lipinski definition) is 5. The number of benzene rings is 1. The van der Waals surface area contributed by atoms with Crippen LogP contribution in [-0.4, -0.2) is 47.4 Å². The van der Waals surface area contributed by atoms with Gasteiger partial charge in [-0.1, -0.05) is 12.1 Å². The summed E-state index contributed by atoms with van der Waals surface area (Å²) in [6, 6.07) is 8.81. The number of anilines is 1. The van der Waals surface area contributed by atoms with Gasteiger partial charge in [0.15, 0.2) is 0 Å². The van der Waals surface area contributed by atoms with Crippen LogP contribution in [0.2, 0.25) is 0 Å². The summed E-state index contributed by atoms with van der Waals surface area (Å²) in [6.07, 6.45) is 4.50. The van der Waals surface area contributed by atoms with Gasteiger partial charge < -0.3 is 15.2 Å². The molecule has 32 heavy (non-hydrogen) atoms. The number of nitrogens with one attached hydrogen (secondary N) is 1. The Labute approximate surface area is 192 Å². The molecule has 0 bridgehead atoms. The van der Waals surface area contributed by atoms with E-state index >= 15 is 0 Å². The molecule has 1 aliphatic carbocycles. The molecule has 0 aromatic heterocycles. The summed E-state index contributed by atoms with van der Waals surface area (Å²) in [7, 11) is 0. The SMILES string of the molecule is CC(C)(C)OC(=O)Nc1ccc(C2CCC(N3CC(CC(C)(C)OC(N)=O)C3)CC2)cc1. The lowest BCUT2D eigenvalue weighted by atomic mass is 9.79. The highest BCUT2D eigenvalue weighted by Gasteiger charge is 2.38. The van der Waals surface area contributed by atoms with Crippen molar-refractivity contribution in [1.29, 1.82) is 0 Å². The number of nitrogens with two attached hydrogens (primary N) is 1. The van der Waals surface area contributed by atoms with Gasteiger partial charge in [0, 0.05) is 24.8 Å². The predicted octanol–water partition coefficient (Wildman–Crippen LogP) is 5.26. The summed E-state index contributed by atoms with van der Waals surface area (Å²) in [5, 5.41) is 2.79. The minimum atomic E-state index is -0.696. The van der Waals surface area contributed by atoms with E-state index in [0.29, 0.717) is 17.9 Å². The third-order valence-electron chi connectivity index (χ3n) is 6.38. The Hall–Kier alpha value is -2.28. The first-order valence-corrected chi connectivity index (χ1v) is 11.7. The van der Waals surface area contributed by atoms with Crippen molar-refractivity contribution < 1.29 is 19.1 Å². The van der Waals surface area contributed by atoms with Gasteiger partial charge in [-0.3, -0.25) is 10.2 Å². The number of rotatable bonds is 6. The molecule has 178 valence electrons. The van der Waals surface area contributed by atoms with Crippen LogP contribution in [0.4, 0.5) is 15.3 Å². The van der Waals surface area contributed by atoms with E-state index < -0.39 is 23.4 Å². The fourth-order valence-corrected chi connectivity index (χ4v) is 5.08. The van der Waals surface area contributed by atoms with Crippen LogP contribution in [0.25, 0.3) is 0 Å². The van der Waals surface area contributed by atoms with Crippen molar-refractivity contribution in [2.24, 2.45) is 11.7 Å². The van der Waals surface area contributed by atoms with Gasteiger partial charge in [0.05, 0.1) is 0 Å². The fraction of sp³-hybridized carbons (Fsp3) is 0.680. The van der Waals surface area contributed by atoms with E-state index in [2.05, 4.69) is 22.3 Å². The quantitative estimate of drug-likeness (QED) is 0.623. The highest BCUT2D eigenvalue weighted by molar-refractivity contribution is 5.84. The number of nitrogens with zero attached hydrogens (tertiary/aromatic N) is 1. The van der Waals surface area contributed by atoms with E-state index in [0.717, 1.165) is 25.2 Å². The molecule has 1 aromatic rings. The number of likely N-dealkylation sites (tertiary alicyclic amines) is 1. The number of ether oxygens (including phenoxy) is 2. The molecule has 1 saturated heterocycles. The van der Waals surface area contributed by atoms with Crippen LogP contribution >= 0.6 is 0 Å². The largest absolute Gasteiger partial charge is 0.444 e. The van der Waals surface area contributed by atoms with Gasteiger partial charge in [-0.05, 0) is 96.3 Å². The lowest BCUT2D eigenvalue weighted by molar-refractivity contribution is -0.0273. The molecule has 1 aromatic carbocycles. The summed E-state index contributed by atoms with van der Waals surface area (Å²) in [6.45, 7) is 11.6. The third kappa shape index (κ3) is 7.12. The Morgan fingerprint density at radius 2 is 1.59 bits per heavy atom. The monoisotopic (exact) mass is 445 g/mol. The van der Waals surface area contributed by atoms with Crippen LogP contribution < -0.4 is 11.1 Å². The molecule has 0 spiro atoms. The standard InChI is InChI=1S/C25H39N3O4/c1-24(2,3)32-23(30)27-20-10-6-18(7-11-20)19-8-12-21(13-9-19)28-15-17(16-28)14-25(4,5)31-22(26)29/h6-7,10-11,17,19,21H,8-9,12-16H2,1-5H3,(H2,26,29)(H,27,30). The molecule has 1 saturated carbocycles. The first-order chi connectivity index (χ1) is 14.9. The summed E-state index contributed by atoms with van der Waals surface area (Å²) in [5.74, 6) is 1.13. The molecular weight excluding hydrogens is 406 g/mol. The Balaban J connectivity index is 1.41. The van der Waals surface area contributed by atoms with Crippen LogP contribution in [0.5, 0.6) is 0 Å². The van der Waals surface area contributed by atoms with Gasteiger partial charge in [-0.25, -0.2) is 9.59 Å². The topological polar surface area (TPSA) is 93.9 Å². The lowest BCUT2D eigenvalue weighted by Gasteiger charge is -2.48. The average Bonchev–Trinajstić information content (AvgIpc) is 2.63. The first-order valence-electron chi connectivity index (χ1n) is 11.7. The van der Waals surface area contributed by atoms with Crippen molar-refractivity contribution in [1.82, 2.24) is 4.90 Å². The van der Waals surface area contributed by atoms with Crippen LogP contribution in [0, 0.1) is 5.92 Å². The van der Waals surface area contributed by atoms with Gasteiger partial charge in [0.1, 0.15) is 11.2 Å². The fourth-order valence-electron chi connectivity index (χ4n) is 5.08. The molecule has 3 N–H and O–H groups in total. The van der Waals surface area contributed by atoms with Crippen LogP contribution in [0.1, 0.15) is 78.2 Å². The Morgan fingerprint density at radius 3 is 2.12 bits per heavy atom. The molecular formula is C25H39N3O4. The molecule has 7 nitrogen and oxygen atoms in total. The van der Waals surface area contributed by atoms with E-state index in [1.807, 2.05) is 46.8 Å². The van der Waals surface area contributed by atoms with Crippen molar-refractivity contribution in [2.45, 2.75) is 89.9 Å². The predicted molar refractivity (Wildman–Crippen MR) is 126 cm³/mol. The van der Waals surface area contributed by atoms with Crippen molar-refractivity contribution >= 4 is 17.9 Å².